The topological polar surface area (TPSA) is 46.5 Å². The van der Waals surface area contributed by atoms with Gasteiger partial charge in [0, 0.05) is 11.8 Å². The third-order valence-corrected chi connectivity index (χ3v) is 3.38. The lowest BCUT2D eigenvalue weighted by molar-refractivity contribution is -0.145. The van der Waals surface area contributed by atoms with Crippen molar-refractivity contribution in [1.82, 2.24) is 0 Å². The maximum atomic E-state index is 11.8. The standard InChI is InChI=1S/C14H18O3/c1-3-17-14(16)13-11(9(2)15)12(13)10-7-5-4-6-8-10/h4-9,11-13,15H,3H2,1-2H3/t9-,11-,12+,13+/m1/s1. The molecule has 1 aromatic carbocycles. The molecule has 0 unspecified atom stereocenters. The number of ether oxygens (including phenoxy) is 1. The maximum absolute atomic E-state index is 11.8. The number of hydrogen-bond donors (Lipinski definition) is 1. The van der Waals surface area contributed by atoms with Crippen molar-refractivity contribution in [2.75, 3.05) is 6.61 Å². The summed E-state index contributed by atoms with van der Waals surface area (Å²) in [7, 11) is 0. The second-order valence-corrected chi connectivity index (χ2v) is 4.53. The summed E-state index contributed by atoms with van der Waals surface area (Å²) in [6, 6.07) is 9.85. The highest BCUT2D eigenvalue weighted by Crippen LogP contribution is 2.56. The van der Waals surface area contributed by atoms with Gasteiger partial charge in [-0.15, -0.1) is 0 Å². The van der Waals surface area contributed by atoms with E-state index >= 15 is 0 Å². The van der Waals surface area contributed by atoms with Crippen LogP contribution in [0.5, 0.6) is 0 Å². The van der Waals surface area contributed by atoms with E-state index in [0.717, 1.165) is 5.56 Å². The van der Waals surface area contributed by atoms with Gasteiger partial charge >= 0.3 is 5.97 Å². The summed E-state index contributed by atoms with van der Waals surface area (Å²) in [5.74, 6) is -0.267. The molecule has 1 aromatic rings. The van der Waals surface area contributed by atoms with Crippen LogP contribution < -0.4 is 0 Å². The summed E-state index contributed by atoms with van der Waals surface area (Å²) in [5.41, 5.74) is 1.11. The Bertz CT molecular complexity index is 386. The van der Waals surface area contributed by atoms with E-state index in [9.17, 15) is 9.90 Å². The molecule has 4 atom stereocenters. The number of benzene rings is 1. The maximum Gasteiger partial charge on any atom is 0.309 e. The van der Waals surface area contributed by atoms with Crippen molar-refractivity contribution in [2.24, 2.45) is 11.8 Å². The smallest absolute Gasteiger partial charge is 0.309 e. The molecule has 0 amide bonds. The van der Waals surface area contributed by atoms with E-state index < -0.39 is 6.10 Å². The number of esters is 1. The molecule has 1 saturated carbocycles. The predicted octanol–water partition coefficient (Wildman–Crippen LogP) is 1.96. The Kier molecular flexibility index (Phi) is 3.48. The van der Waals surface area contributed by atoms with Gasteiger partial charge in [0.2, 0.25) is 0 Å². The van der Waals surface area contributed by atoms with Crippen LogP contribution in [0.2, 0.25) is 0 Å². The van der Waals surface area contributed by atoms with Crippen LogP contribution in [0.1, 0.15) is 25.3 Å². The van der Waals surface area contributed by atoms with Gasteiger partial charge in [0.05, 0.1) is 18.6 Å². The highest BCUT2D eigenvalue weighted by Gasteiger charge is 2.58. The molecule has 0 radical (unpaired) electrons. The Morgan fingerprint density at radius 2 is 2.06 bits per heavy atom. The van der Waals surface area contributed by atoms with Gasteiger partial charge in [-0.3, -0.25) is 4.79 Å². The lowest BCUT2D eigenvalue weighted by atomic mass is 10.1. The van der Waals surface area contributed by atoms with Crippen molar-refractivity contribution in [2.45, 2.75) is 25.9 Å². The van der Waals surface area contributed by atoms with Crippen LogP contribution in [-0.4, -0.2) is 23.8 Å². The Morgan fingerprint density at radius 3 is 2.59 bits per heavy atom. The van der Waals surface area contributed by atoms with Crippen molar-refractivity contribution in [1.29, 1.82) is 0 Å². The zero-order valence-corrected chi connectivity index (χ0v) is 10.2. The van der Waals surface area contributed by atoms with Crippen LogP contribution in [0.25, 0.3) is 0 Å². The molecule has 0 bridgehead atoms. The zero-order chi connectivity index (χ0) is 12.4. The lowest BCUT2D eigenvalue weighted by Crippen LogP contribution is -2.12. The predicted molar refractivity (Wildman–Crippen MR) is 64.5 cm³/mol. The van der Waals surface area contributed by atoms with Gasteiger partial charge in [0.15, 0.2) is 0 Å². The first-order valence-electron chi connectivity index (χ1n) is 6.06. The van der Waals surface area contributed by atoms with E-state index in [1.165, 1.54) is 0 Å². The molecule has 17 heavy (non-hydrogen) atoms. The van der Waals surface area contributed by atoms with Gasteiger partial charge in [-0.05, 0) is 19.4 Å². The largest absolute Gasteiger partial charge is 0.466 e. The molecule has 1 fully saturated rings. The number of hydrogen-bond acceptors (Lipinski definition) is 3. The molecule has 0 saturated heterocycles. The lowest BCUT2D eigenvalue weighted by Gasteiger charge is -2.02. The summed E-state index contributed by atoms with van der Waals surface area (Å²) in [6.45, 7) is 3.93. The molecule has 2 rings (SSSR count). The highest BCUT2D eigenvalue weighted by molar-refractivity contribution is 5.78. The van der Waals surface area contributed by atoms with Gasteiger partial charge in [0.25, 0.3) is 0 Å². The van der Waals surface area contributed by atoms with Crippen LogP contribution in [0.3, 0.4) is 0 Å². The quantitative estimate of drug-likeness (QED) is 0.810. The third-order valence-electron chi connectivity index (χ3n) is 3.38. The Labute approximate surface area is 101 Å². The van der Waals surface area contributed by atoms with Gasteiger partial charge < -0.3 is 9.84 Å². The van der Waals surface area contributed by atoms with Crippen molar-refractivity contribution >= 4 is 5.97 Å². The molecule has 1 N–H and O–H groups in total. The Morgan fingerprint density at radius 1 is 1.41 bits per heavy atom. The minimum Gasteiger partial charge on any atom is -0.466 e. The number of aliphatic hydroxyl groups excluding tert-OH is 1. The van der Waals surface area contributed by atoms with Crippen LogP contribution in [0.15, 0.2) is 30.3 Å². The van der Waals surface area contributed by atoms with E-state index in [-0.39, 0.29) is 23.7 Å². The van der Waals surface area contributed by atoms with E-state index in [1.54, 1.807) is 13.8 Å². The zero-order valence-electron chi connectivity index (χ0n) is 10.2. The second-order valence-electron chi connectivity index (χ2n) is 4.53. The van der Waals surface area contributed by atoms with Gasteiger partial charge in [-0.25, -0.2) is 0 Å². The van der Waals surface area contributed by atoms with Crippen molar-refractivity contribution < 1.29 is 14.6 Å². The monoisotopic (exact) mass is 234 g/mol. The molecule has 1 aliphatic rings. The normalized spacial score (nSPS) is 28.5. The SMILES string of the molecule is CCOC(=O)[C@@H]1[C@@H](c2ccccc2)[C@H]1[C@@H](C)O. The minimum absolute atomic E-state index is 0.00329. The first-order valence-corrected chi connectivity index (χ1v) is 6.06. The second kappa shape index (κ2) is 4.88. The summed E-state index contributed by atoms with van der Waals surface area (Å²) in [6.07, 6.45) is -0.477. The molecule has 0 aromatic heterocycles. The van der Waals surface area contributed by atoms with Crippen molar-refractivity contribution in [3.8, 4) is 0 Å². The summed E-state index contributed by atoms with van der Waals surface area (Å²) in [5, 5.41) is 9.70. The third kappa shape index (κ3) is 2.34. The van der Waals surface area contributed by atoms with Crippen LogP contribution in [0, 0.1) is 11.8 Å². The average molecular weight is 234 g/mol. The summed E-state index contributed by atoms with van der Waals surface area (Å²) >= 11 is 0. The molecule has 0 spiro atoms. The number of carbonyl (C=O) groups is 1. The van der Waals surface area contributed by atoms with E-state index in [2.05, 4.69) is 0 Å². The molecule has 3 nitrogen and oxygen atoms in total. The van der Waals surface area contributed by atoms with Crippen molar-refractivity contribution in [3.63, 3.8) is 0 Å². The number of carbonyl (C=O) groups excluding carboxylic acids is 1. The highest BCUT2D eigenvalue weighted by atomic mass is 16.5. The van der Waals surface area contributed by atoms with Crippen LogP contribution in [-0.2, 0) is 9.53 Å². The minimum atomic E-state index is -0.477. The Hall–Kier alpha value is -1.35. The number of aliphatic hydroxyl groups is 1. The fourth-order valence-corrected chi connectivity index (χ4v) is 2.58. The van der Waals surface area contributed by atoms with E-state index in [1.807, 2.05) is 30.3 Å². The van der Waals surface area contributed by atoms with Crippen LogP contribution >= 0.6 is 0 Å². The fourth-order valence-electron chi connectivity index (χ4n) is 2.58. The van der Waals surface area contributed by atoms with E-state index in [4.69, 9.17) is 4.74 Å². The first-order chi connectivity index (χ1) is 8.16. The van der Waals surface area contributed by atoms with Gasteiger partial charge in [-0.1, -0.05) is 30.3 Å². The van der Waals surface area contributed by atoms with Crippen molar-refractivity contribution in [3.05, 3.63) is 35.9 Å². The Balaban J connectivity index is 2.15. The van der Waals surface area contributed by atoms with Gasteiger partial charge in [0.1, 0.15) is 0 Å². The van der Waals surface area contributed by atoms with Gasteiger partial charge in [-0.2, -0.15) is 0 Å². The molecule has 0 heterocycles. The van der Waals surface area contributed by atoms with Crippen LogP contribution in [0.4, 0.5) is 0 Å². The summed E-state index contributed by atoms with van der Waals surface area (Å²) in [4.78, 5) is 11.8. The first kappa shape index (κ1) is 12.1. The summed E-state index contributed by atoms with van der Waals surface area (Å²) < 4.78 is 5.05. The molecular weight excluding hydrogens is 216 g/mol. The molecular formula is C14H18O3. The number of rotatable bonds is 4. The fraction of sp³-hybridized carbons (Fsp3) is 0.500. The average Bonchev–Trinajstić information content (AvgIpc) is 3.06. The molecule has 1 aliphatic carbocycles. The molecule has 0 aliphatic heterocycles. The van der Waals surface area contributed by atoms with E-state index in [0.29, 0.717) is 6.61 Å². The molecule has 92 valence electrons. The molecule has 3 heteroatoms.